The number of carbonyl (C=O) groups excluding carboxylic acids is 1. The minimum atomic E-state index is -0.518. The van der Waals surface area contributed by atoms with Crippen LogP contribution in [0.4, 0.5) is 4.39 Å². The third-order valence-electron chi connectivity index (χ3n) is 3.40. The van der Waals surface area contributed by atoms with Crippen LogP contribution in [0.15, 0.2) is 30.6 Å². The van der Waals surface area contributed by atoms with Crippen LogP contribution in [-0.2, 0) is 11.8 Å². The second-order valence-electron chi connectivity index (χ2n) is 5.07. The number of aromatic nitrogens is 2. The van der Waals surface area contributed by atoms with E-state index in [1.54, 1.807) is 44.2 Å². The second-order valence-corrected chi connectivity index (χ2v) is 5.47. The van der Waals surface area contributed by atoms with Gasteiger partial charge in [-0.25, -0.2) is 4.39 Å². The average Bonchev–Trinajstić information content (AvgIpc) is 2.85. The van der Waals surface area contributed by atoms with Crippen molar-refractivity contribution in [1.82, 2.24) is 20.4 Å². The Morgan fingerprint density at radius 1 is 1.43 bits per heavy atom. The summed E-state index contributed by atoms with van der Waals surface area (Å²) in [7, 11) is 3.49. The summed E-state index contributed by atoms with van der Waals surface area (Å²) in [6.07, 6.45) is 3.41. The zero-order valence-corrected chi connectivity index (χ0v) is 14.6. The van der Waals surface area contributed by atoms with Gasteiger partial charge >= 0.3 is 0 Å². The van der Waals surface area contributed by atoms with Crippen LogP contribution in [0.2, 0.25) is 5.02 Å². The Morgan fingerprint density at radius 3 is 2.65 bits per heavy atom. The Hall–Kier alpha value is -1.63. The number of likely N-dealkylation sites (N-methyl/N-ethyl adjacent to an activating group) is 1. The molecule has 2 N–H and O–H groups in total. The third-order valence-corrected chi connectivity index (χ3v) is 3.72. The van der Waals surface area contributed by atoms with Gasteiger partial charge in [0, 0.05) is 23.8 Å². The highest BCUT2D eigenvalue weighted by Gasteiger charge is 2.22. The molecule has 0 aliphatic heterocycles. The van der Waals surface area contributed by atoms with E-state index >= 15 is 0 Å². The van der Waals surface area contributed by atoms with Gasteiger partial charge in [-0.1, -0.05) is 17.7 Å². The van der Waals surface area contributed by atoms with E-state index in [-0.39, 0.29) is 29.4 Å². The van der Waals surface area contributed by atoms with Gasteiger partial charge in [-0.15, -0.1) is 12.4 Å². The van der Waals surface area contributed by atoms with Crippen LogP contribution in [0, 0.1) is 5.82 Å². The maximum atomic E-state index is 13.1. The number of amides is 1. The topological polar surface area (TPSA) is 59.0 Å². The Balaban J connectivity index is 0.00000264. The highest BCUT2D eigenvalue weighted by Crippen LogP contribution is 2.24. The fraction of sp³-hybridized carbons (Fsp3) is 0.333. The van der Waals surface area contributed by atoms with Crippen molar-refractivity contribution in [1.29, 1.82) is 0 Å². The summed E-state index contributed by atoms with van der Waals surface area (Å²) in [6, 6.07) is 3.26. The predicted molar refractivity (Wildman–Crippen MR) is 90.2 cm³/mol. The molecule has 2 unspecified atom stereocenters. The number of carbonyl (C=O) groups is 1. The quantitative estimate of drug-likeness (QED) is 0.861. The predicted octanol–water partition coefficient (Wildman–Crippen LogP) is 2.77. The third kappa shape index (κ3) is 4.67. The first-order chi connectivity index (χ1) is 10.4. The summed E-state index contributed by atoms with van der Waals surface area (Å²) >= 11 is 6.02. The van der Waals surface area contributed by atoms with E-state index in [9.17, 15) is 9.18 Å². The minimum Gasteiger partial charge on any atom is -0.348 e. The lowest BCUT2D eigenvalue weighted by Crippen LogP contribution is -2.37. The minimum absolute atomic E-state index is 0. The lowest BCUT2D eigenvalue weighted by molar-refractivity contribution is -0.123. The Morgan fingerprint density at radius 2 is 2.13 bits per heavy atom. The molecule has 2 rings (SSSR count). The number of hydrogen-bond acceptors (Lipinski definition) is 3. The van der Waals surface area contributed by atoms with Crippen LogP contribution in [-0.4, -0.2) is 22.7 Å². The summed E-state index contributed by atoms with van der Waals surface area (Å²) in [4.78, 5) is 12.4. The Kier molecular flexibility index (Phi) is 7.00. The van der Waals surface area contributed by atoms with E-state index in [1.807, 2.05) is 0 Å². The van der Waals surface area contributed by atoms with Crippen molar-refractivity contribution in [3.8, 4) is 0 Å². The molecular formula is C15H19Cl2FN4O. The van der Waals surface area contributed by atoms with Gasteiger partial charge in [0.05, 0.1) is 12.2 Å². The SMILES string of the molecule is CNC(C(=O)NC(C)c1ccc(F)cc1Cl)c1cnn(C)c1.Cl. The number of nitrogens with one attached hydrogen (secondary N) is 2. The van der Waals surface area contributed by atoms with Crippen LogP contribution in [0.3, 0.4) is 0 Å². The smallest absolute Gasteiger partial charge is 0.242 e. The zero-order valence-electron chi connectivity index (χ0n) is 13.0. The van der Waals surface area contributed by atoms with E-state index in [2.05, 4.69) is 15.7 Å². The monoisotopic (exact) mass is 360 g/mol. The average molecular weight is 361 g/mol. The summed E-state index contributed by atoms with van der Waals surface area (Å²) in [6.45, 7) is 1.80. The Labute approximate surface area is 145 Å². The van der Waals surface area contributed by atoms with Gasteiger partial charge in [-0.3, -0.25) is 9.48 Å². The van der Waals surface area contributed by atoms with E-state index in [0.717, 1.165) is 5.56 Å². The molecule has 0 radical (unpaired) electrons. The van der Waals surface area contributed by atoms with Crippen LogP contribution >= 0.6 is 24.0 Å². The summed E-state index contributed by atoms with van der Waals surface area (Å²) in [5, 5.41) is 10.2. The van der Waals surface area contributed by atoms with E-state index in [1.165, 1.54) is 12.1 Å². The van der Waals surface area contributed by atoms with Gasteiger partial charge < -0.3 is 10.6 Å². The lowest BCUT2D eigenvalue weighted by atomic mass is 10.1. The normalized spacial score (nSPS) is 13.1. The maximum absolute atomic E-state index is 13.1. The molecule has 0 aliphatic carbocycles. The zero-order chi connectivity index (χ0) is 16.3. The number of benzene rings is 1. The number of hydrogen-bond donors (Lipinski definition) is 2. The van der Waals surface area contributed by atoms with Crippen LogP contribution in [0.5, 0.6) is 0 Å². The molecule has 0 aliphatic rings. The van der Waals surface area contributed by atoms with Gasteiger partial charge in [0.15, 0.2) is 0 Å². The lowest BCUT2D eigenvalue weighted by Gasteiger charge is -2.20. The van der Waals surface area contributed by atoms with Crippen LogP contribution in [0.25, 0.3) is 0 Å². The van der Waals surface area contributed by atoms with Crippen molar-refractivity contribution in [2.75, 3.05) is 7.05 Å². The number of rotatable bonds is 5. The molecule has 0 bridgehead atoms. The van der Waals surface area contributed by atoms with Crippen molar-refractivity contribution in [3.63, 3.8) is 0 Å². The molecule has 1 aromatic heterocycles. The van der Waals surface area contributed by atoms with Crippen LogP contribution in [0.1, 0.15) is 30.1 Å². The summed E-state index contributed by atoms with van der Waals surface area (Å²) in [5.74, 6) is -0.612. The molecule has 0 fully saturated rings. The molecule has 1 aromatic carbocycles. The largest absolute Gasteiger partial charge is 0.348 e. The van der Waals surface area contributed by atoms with Crippen molar-refractivity contribution in [2.45, 2.75) is 19.0 Å². The molecule has 1 amide bonds. The van der Waals surface area contributed by atoms with E-state index in [0.29, 0.717) is 5.56 Å². The summed E-state index contributed by atoms with van der Waals surface area (Å²) < 4.78 is 14.7. The first-order valence-corrected chi connectivity index (χ1v) is 7.21. The van der Waals surface area contributed by atoms with Gasteiger partial charge in [0.25, 0.3) is 0 Å². The molecular weight excluding hydrogens is 342 g/mol. The Bertz CT molecular complexity index is 677. The van der Waals surface area contributed by atoms with Gasteiger partial charge in [-0.05, 0) is 31.7 Å². The van der Waals surface area contributed by atoms with Crippen molar-refractivity contribution >= 4 is 29.9 Å². The molecule has 0 saturated heterocycles. The second kappa shape index (κ2) is 8.29. The molecule has 126 valence electrons. The fourth-order valence-electron chi connectivity index (χ4n) is 2.27. The summed E-state index contributed by atoms with van der Waals surface area (Å²) in [5.41, 5.74) is 1.43. The molecule has 5 nitrogen and oxygen atoms in total. The molecule has 23 heavy (non-hydrogen) atoms. The molecule has 2 aromatic rings. The number of aryl methyl sites for hydroxylation is 1. The van der Waals surface area contributed by atoms with Gasteiger partial charge in [0.2, 0.25) is 5.91 Å². The van der Waals surface area contributed by atoms with Gasteiger partial charge in [-0.2, -0.15) is 5.10 Å². The first kappa shape index (κ1) is 19.4. The fourth-order valence-corrected chi connectivity index (χ4v) is 2.60. The molecule has 0 saturated carbocycles. The highest BCUT2D eigenvalue weighted by atomic mass is 35.5. The maximum Gasteiger partial charge on any atom is 0.242 e. The molecule has 1 heterocycles. The van der Waals surface area contributed by atoms with E-state index in [4.69, 9.17) is 11.6 Å². The highest BCUT2D eigenvalue weighted by molar-refractivity contribution is 6.31. The molecule has 8 heteroatoms. The van der Waals surface area contributed by atoms with Crippen molar-refractivity contribution < 1.29 is 9.18 Å². The molecule has 2 atom stereocenters. The first-order valence-electron chi connectivity index (χ1n) is 6.83. The molecule has 0 spiro atoms. The van der Waals surface area contributed by atoms with Gasteiger partial charge in [0.1, 0.15) is 11.9 Å². The standard InChI is InChI=1S/C15H18ClFN4O.ClH/c1-9(12-5-4-11(17)6-13(12)16)20-15(22)14(18-2)10-7-19-21(3)8-10;/h4-9,14,18H,1-3H3,(H,20,22);1H. The van der Waals surface area contributed by atoms with Crippen molar-refractivity contribution in [3.05, 3.63) is 52.6 Å². The van der Waals surface area contributed by atoms with Crippen LogP contribution < -0.4 is 10.6 Å². The number of halogens is 3. The van der Waals surface area contributed by atoms with E-state index < -0.39 is 11.9 Å². The van der Waals surface area contributed by atoms with Crippen molar-refractivity contribution in [2.24, 2.45) is 7.05 Å². The number of nitrogens with zero attached hydrogens (tertiary/aromatic N) is 2.